The van der Waals surface area contributed by atoms with Gasteiger partial charge >= 0.3 is 0 Å². The van der Waals surface area contributed by atoms with Crippen LogP contribution in [0.1, 0.15) is 18.1 Å². The third-order valence-corrected chi connectivity index (χ3v) is 3.01. The molecule has 0 saturated heterocycles. The van der Waals surface area contributed by atoms with E-state index >= 15 is 0 Å². The molecule has 1 aliphatic heterocycles. The zero-order valence-corrected chi connectivity index (χ0v) is 11.1. The standard InChI is InChI=1S/C17H14O3/c1-12(18)11-19-17-10-13-6-2-4-8-15(13)20-16-9-5-3-7-14(16)17/h2-10H,11H2,1H3. The molecule has 1 heterocycles. The van der Waals surface area contributed by atoms with Gasteiger partial charge in [-0.15, -0.1) is 0 Å². The lowest BCUT2D eigenvalue weighted by molar-refractivity contribution is -0.119. The van der Waals surface area contributed by atoms with Crippen molar-refractivity contribution in [2.45, 2.75) is 6.92 Å². The minimum absolute atomic E-state index is 0.0122. The molecule has 20 heavy (non-hydrogen) atoms. The topological polar surface area (TPSA) is 35.5 Å². The van der Waals surface area contributed by atoms with Gasteiger partial charge in [-0.2, -0.15) is 0 Å². The van der Waals surface area contributed by atoms with Gasteiger partial charge < -0.3 is 9.47 Å². The second kappa shape index (κ2) is 5.21. The fourth-order valence-electron chi connectivity index (χ4n) is 2.09. The third-order valence-electron chi connectivity index (χ3n) is 3.01. The molecule has 3 rings (SSSR count). The van der Waals surface area contributed by atoms with Gasteiger partial charge in [0.15, 0.2) is 5.78 Å². The maximum Gasteiger partial charge on any atom is 0.167 e. The molecule has 1 aliphatic rings. The monoisotopic (exact) mass is 266 g/mol. The van der Waals surface area contributed by atoms with E-state index in [1.54, 1.807) is 0 Å². The lowest BCUT2D eigenvalue weighted by Crippen LogP contribution is -2.03. The van der Waals surface area contributed by atoms with E-state index in [-0.39, 0.29) is 12.4 Å². The maximum atomic E-state index is 11.1. The van der Waals surface area contributed by atoms with E-state index < -0.39 is 0 Å². The number of hydrogen-bond acceptors (Lipinski definition) is 3. The second-order valence-electron chi connectivity index (χ2n) is 4.64. The average molecular weight is 266 g/mol. The second-order valence-corrected chi connectivity index (χ2v) is 4.64. The highest BCUT2D eigenvalue weighted by molar-refractivity contribution is 5.85. The zero-order chi connectivity index (χ0) is 13.9. The van der Waals surface area contributed by atoms with Crippen LogP contribution in [0.2, 0.25) is 0 Å². The Morgan fingerprint density at radius 1 is 1.05 bits per heavy atom. The molecule has 0 bridgehead atoms. The molecule has 0 unspecified atom stereocenters. The normalized spacial score (nSPS) is 12.3. The van der Waals surface area contributed by atoms with E-state index in [2.05, 4.69) is 0 Å². The molecule has 100 valence electrons. The Balaban J connectivity index is 2.09. The van der Waals surface area contributed by atoms with Gasteiger partial charge in [0.2, 0.25) is 0 Å². The van der Waals surface area contributed by atoms with Crippen LogP contribution in [0.25, 0.3) is 11.8 Å². The largest absolute Gasteiger partial charge is 0.485 e. The summed E-state index contributed by atoms with van der Waals surface area (Å²) < 4.78 is 11.6. The van der Waals surface area contributed by atoms with E-state index in [0.29, 0.717) is 5.76 Å². The van der Waals surface area contributed by atoms with E-state index in [9.17, 15) is 4.79 Å². The van der Waals surface area contributed by atoms with Crippen LogP contribution in [-0.4, -0.2) is 12.4 Å². The summed E-state index contributed by atoms with van der Waals surface area (Å²) in [5.74, 6) is 2.15. The van der Waals surface area contributed by atoms with Crippen molar-refractivity contribution < 1.29 is 14.3 Å². The van der Waals surface area contributed by atoms with E-state index in [1.165, 1.54) is 6.92 Å². The molecule has 0 aliphatic carbocycles. The summed E-state index contributed by atoms with van der Waals surface area (Å²) in [6.07, 6.45) is 1.91. The molecule has 0 atom stereocenters. The average Bonchev–Trinajstić information content (AvgIpc) is 2.61. The van der Waals surface area contributed by atoms with Crippen molar-refractivity contribution in [1.29, 1.82) is 0 Å². The minimum Gasteiger partial charge on any atom is -0.485 e. The van der Waals surface area contributed by atoms with Crippen LogP contribution in [0.3, 0.4) is 0 Å². The first-order valence-corrected chi connectivity index (χ1v) is 6.44. The quantitative estimate of drug-likeness (QED) is 0.845. The molecule has 0 fully saturated rings. The lowest BCUT2D eigenvalue weighted by Gasteiger charge is -2.11. The van der Waals surface area contributed by atoms with Crippen molar-refractivity contribution >= 4 is 17.6 Å². The van der Waals surface area contributed by atoms with E-state index in [4.69, 9.17) is 9.47 Å². The number of ether oxygens (including phenoxy) is 2. The Kier molecular flexibility index (Phi) is 3.25. The Morgan fingerprint density at radius 2 is 1.75 bits per heavy atom. The molecule has 0 aromatic heterocycles. The number of hydrogen-bond donors (Lipinski definition) is 0. The van der Waals surface area contributed by atoms with Crippen molar-refractivity contribution in [3.8, 4) is 11.5 Å². The van der Waals surface area contributed by atoms with E-state index in [0.717, 1.165) is 22.6 Å². The number of rotatable bonds is 3. The zero-order valence-electron chi connectivity index (χ0n) is 11.1. The van der Waals surface area contributed by atoms with Gasteiger partial charge in [0, 0.05) is 5.56 Å². The number of Topliss-reactive ketones (excluding diaryl/α,β-unsaturated/α-hetero) is 1. The molecule has 0 radical (unpaired) electrons. The summed E-state index contributed by atoms with van der Waals surface area (Å²) >= 11 is 0. The van der Waals surface area contributed by atoms with Gasteiger partial charge in [-0.05, 0) is 31.2 Å². The van der Waals surface area contributed by atoms with Crippen molar-refractivity contribution in [3.63, 3.8) is 0 Å². The molecule has 2 aromatic carbocycles. The van der Waals surface area contributed by atoms with Crippen molar-refractivity contribution in [2.75, 3.05) is 6.61 Å². The number of fused-ring (bicyclic) bond motifs is 2. The summed E-state index contributed by atoms with van der Waals surface area (Å²) in [5, 5.41) is 0. The maximum absolute atomic E-state index is 11.1. The Labute approximate surface area is 117 Å². The molecule has 3 nitrogen and oxygen atoms in total. The van der Waals surface area contributed by atoms with Crippen LogP contribution in [0.5, 0.6) is 11.5 Å². The first kappa shape index (κ1) is 12.5. The van der Waals surface area contributed by atoms with Gasteiger partial charge in [-0.25, -0.2) is 0 Å². The summed E-state index contributed by atoms with van der Waals surface area (Å²) in [7, 11) is 0. The van der Waals surface area contributed by atoms with Gasteiger partial charge in [-0.3, -0.25) is 4.79 Å². The van der Waals surface area contributed by atoms with Gasteiger partial charge in [0.25, 0.3) is 0 Å². The predicted molar refractivity (Wildman–Crippen MR) is 77.5 cm³/mol. The van der Waals surface area contributed by atoms with Crippen LogP contribution < -0.4 is 4.74 Å². The van der Waals surface area contributed by atoms with Crippen molar-refractivity contribution in [1.82, 2.24) is 0 Å². The summed E-state index contributed by atoms with van der Waals surface area (Å²) in [5.41, 5.74) is 1.78. The predicted octanol–water partition coefficient (Wildman–Crippen LogP) is 3.90. The molecule has 2 aromatic rings. The first-order valence-electron chi connectivity index (χ1n) is 6.44. The molecule has 3 heteroatoms. The van der Waals surface area contributed by atoms with E-state index in [1.807, 2.05) is 54.6 Å². The highest BCUT2D eigenvalue weighted by Crippen LogP contribution is 2.37. The van der Waals surface area contributed by atoms with Crippen LogP contribution >= 0.6 is 0 Å². The fraction of sp³-hybridized carbons (Fsp3) is 0.118. The molecule has 0 spiro atoms. The molecule has 0 amide bonds. The molecule has 0 N–H and O–H groups in total. The van der Waals surface area contributed by atoms with Crippen LogP contribution in [-0.2, 0) is 9.53 Å². The van der Waals surface area contributed by atoms with Crippen LogP contribution in [0.4, 0.5) is 0 Å². The number of carbonyl (C=O) groups is 1. The highest BCUT2D eigenvalue weighted by atomic mass is 16.5. The number of para-hydroxylation sites is 2. The Hall–Kier alpha value is -2.55. The summed E-state index contributed by atoms with van der Waals surface area (Å²) in [6.45, 7) is 1.57. The summed E-state index contributed by atoms with van der Waals surface area (Å²) in [4.78, 5) is 11.1. The third kappa shape index (κ3) is 2.43. The van der Waals surface area contributed by atoms with Crippen LogP contribution in [0, 0.1) is 0 Å². The molecular formula is C17H14O3. The lowest BCUT2D eigenvalue weighted by atomic mass is 10.1. The number of carbonyl (C=O) groups excluding carboxylic acids is 1. The number of ketones is 1. The van der Waals surface area contributed by atoms with Gasteiger partial charge in [0.05, 0.1) is 5.56 Å². The SMILES string of the molecule is CC(=O)COC1=Cc2ccccc2Oc2ccccc21. The minimum atomic E-state index is -0.0122. The molecular weight excluding hydrogens is 252 g/mol. The fourth-order valence-corrected chi connectivity index (χ4v) is 2.09. The van der Waals surface area contributed by atoms with Gasteiger partial charge in [0.1, 0.15) is 23.9 Å². The van der Waals surface area contributed by atoms with Crippen molar-refractivity contribution in [2.24, 2.45) is 0 Å². The smallest absolute Gasteiger partial charge is 0.167 e. The first-order chi connectivity index (χ1) is 9.74. The summed E-state index contributed by atoms with van der Waals surface area (Å²) in [6, 6.07) is 15.4. The number of benzene rings is 2. The Morgan fingerprint density at radius 3 is 2.55 bits per heavy atom. The highest BCUT2D eigenvalue weighted by Gasteiger charge is 2.17. The van der Waals surface area contributed by atoms with Gasteiger partial charge in [-0.1, -0.05) is 30.3 Å². The molecule has 0 saturated carbocycles. The van der Waals surface area contributed by atoms with Crippen molar-refractivity contribution in [3.05, 3.63) is 59.7 Å². The Bertz CT molecular complexity index is 686. The van der Waals surface area contributed by atoms with Crippen LogP contribution in [0.15, 0.2) is 48.5 Å².